The first-order valence-corrected chi connectivity index (χ1v) is 3.11. The fourth-order valence-corrected chi connectivity index (χ4v) is 0.817. The molecule has 0 fully saturated rings. The van der Waals surface area contributed by atoms with E-state index >= 15 is 0 Å². The van der Waals surface area contributed by atoms with Crippen LogP contribution in [0.3, 0.4) is 0 Å². The van der Waals surface area contributed by atoms with Crippen molar-refractivity contribution in [3.8, 4) is 0 Å². The summed E-state index contributed by atoms with van der Waals surface area (Å²) in [5, 5.41) is 8.45. The first-order chi connectivity index (χ1) is 4.74. The molecule has 0 radical (unpaired) electrons. The zero-order valence-corrected chi connectivity index (χ0v) is 5.70. The van der Waals surface area contributed by atoms with Crippen molar-refractivity contribution >= 4 is 11.9 Å². The van der Waals surface area contributed by atoms with Crippen molar-refractivity contribution in [2.75, 3.05) is 6.61 Å². The molecule has 4 nitrogen and oxygen atoms in total. The van der Waals surface area contributed by atoms with Crippen LogP contribution in [0.4, 0.5) is 0 Å². The summed E-state index contributed by atoms with van der Waals surface area (Å²) in [6.45, 7) is 1.59. The Balaban J connectivity index is 2.52. The number of esters is 1. The first-order valence-electron chi connectivity index (χ1n) is 3.11. The van der Waals surface area contributed by atoms with Crippen LogP contribution in [-0.2, 0) is 9.53 Å². The van der Waals surface area contributed by atoms with Crippen LogP contribution in [0.25, 0.3) is 0 Å². The Hall–Kier alpha value is -0.900. The van der Waals surface area contributed by atoms with E-state index in [0.717, 1.165) is 0 Å². The summed E-state index contributed by atoms with van der Waals surface area (Å²) in [5.41, 5.74) is 0. The molecule has 0 bridgehead atoms. The van der Waals surface area contributed by atoms with E-state index in [2.05, 4.69) is 9.73 Å². The smallest absolute Gasteiger partial charge is 0.337 e. The number of aliphatic hydroxyl groups excluding tert-OH is 1. The van der Waals surface area contributed by atoms with E-state index in [-0.39, 0.29) is 12.6 Å². The fourth-order valence-electron chi connectivity index (χ4n) is 0.817. The van der Waals surface area contributed by atoms with Gasteiger partial charge in [-0.25, -0.2) is 9.79 Å². The minimum Gasteiger partial charge on any atom is -0.411 e. The van der Waals surface area contributed by atoms with Crippen LogP contribution in [0.2, 0.25) is 0 Å². The molecule has 1 aliphatic heterocycles. The maximum atomic E-state index is 10.7. The second kappa shape index (κ2) is 2.79. The van der Waals surface area contributed by atoms with Crippen LogP contribution in [-0.4, -0.2) is 29.6 Å². The molecule has 0 saturated heterocycles. The number of nitrogens with zero attached hydrogens (tertiary/aromatic N) is 1. The van der Waals surface area contributed by atoms with Gasteiger partial charge < -0.3 is 9.84 Å². The molecule has 1 rings (SSSR count). The van der Waals surface area contributed by atoms with Crippen molar-refractivity contribution in [1.29, 1.82) is 0 Å². The van der Waals surface area contributed by atoms with Gasteiger partial charge in [-0.05, 0) is 0 Å². The lowest BCUT2D eigenvalue weighted by Gasteiger charge is -1.97. The number of carbonyl (C=O) groups excluding carboxylic acids is 1. The highest BCUT2D eigenvalue weighted by molar-refractivity contribution is 5.95. The predicted molar refractivity (Wildman–Crippen MR) is 34.7 cm³/mol. The van der Waals surface area contributed by atoms with E-state index < -0.39 is 6.04 Å². The van der Waals surface area contributed by atoms with E-state index in [4.69, 9.17) is 5.11 Å². The lowest BCUT2D eigenvalue weighted by molar-refractivity contribution is -0.135. The molecule has 1 atom stereocenters. The SMILES string of the molecule is CC1=NC(CCO)C(=O)O1. The number of aliphatic hydroxyl groups is 1. The van der Waals surface area contributed by atoms with Crippen LogP contribution >= 0.6 is 0 Å². The van der Waals surface area contributed by atoms with Crippen LogP contribution in [0.15, 0.2) is 4.99 Å². The molecule has 1 N–H and O–H groups in total. The molecule has 56 valence electrons. The Kier molecular flexibility index (Phi) is 2.01. The molecular weight excluding hydrogens is 134 g/mol. The number of ether oxygens (including phenoxy) is 1. The van der Waals surface area contributed by atoms with Gasteiger partial charge >= 0.3 is 5.97 Å². The third-order valence-electron chi connectivity index (χ3n) is 1.26. The summed E-state index contributed by atoms with van der Waals surface area (Å²) in [7, 11) is 0. The quantitative estimate of drug-likeness (QED) is 0.540. The Morgan fingerprint density at radius 1 is 1.80 bits per heavy atom. The van der Waals surface area contributed by atoms with Crippen LogP contribution in [0, 0.1) is 0 Å². The molecule has 0 saturated carbocycles. The Morgan fingerprint density at radius 3 is 2.90 bits per heavy atom. The second-order valence-corrected chi connectivity index (χ2v) is 2.10. The largest absolute Gasteiger partial charge is 0.411 e. The molecule has 0 spiro atoms. The van der Waals surface area contributed by atoms with Crippen LogP contribution < -0.4 is 0 Å². The van der Waals surface area contributed by atoms with Crippen LogP contribution in [0.1, 0.15) is 13.3 Å². The van der Waals surface area contributed by atoms with E-state index in [1.54, 1.807) is 6.92 Å². The third-order valence-corrected chi connectivity index (χ3v) is 1.26. The van der Waals surface area contributed by atoms with E-state index in [1.807, 2.05) is 0 Å². The minimum absolute atomic E-state index is 0.0312. The van der Waals surface area contributed by atoms with Crippen molar-refractivity contribution in [3.63, 3.8) is 0 Å². The standard InChI is InChI=1S/C6H9NO3/c1-4-7-5(2-3-8)6(9)10-4/h5,8H,2-3H2,1H3. The molecule has 0 aromatic heterocycles. The normalized spacial score (nSPS) is 24.4. The van der Waals surface area contributed by atoms with Crippen LogP contribution in [0.5, 0.6) is 0 Å². The lowest BCUT2D eigenvalue weighted by atomic mass is 10.2. The molecule has 0 aromatic rings. The zero-order valence-electron chi connectivity index (χ0n) is 5.70. The second-order valence-electron chi connectivity index (χ2n) is 2.10. The summed E-state index contributed by atoms with van der Waals surface area (Å²) < 4.78 is 4.63. The molecule has 10 heavy (non-hydrogen) atoms. The van der Waals surface area contributed by atoms with Gasteiger partial charge in [0, 0.05) is 20.0 Å². The highest BCUT2D eigenvalue weighted by atomic mass is 16.6. The summed E-state index contributed by atoms with van der Waals surface area (Å²) in [5.74, 6) is 0.0370. The van der Waals surface area contributed by atoms with E-state index in [9.17, 15) is 4.79 Å². The van der Waals surface area contributed by atoms with Crippen molar-refractivity contribution in [1.82, 2.24) is 0 Å². The van der Waals surface area contributed by atoms with Crippen molar-refractivity contribution in [2.24, 2.45) is 4.99 Å². The highest BCUT2D eigenvalue weighted by Crippen LogP contribution is 2.08. The number of carbonyl (C=O) groups is 1. The molecule has 0 aromatic carbocycles. The van der Waals surface area contributed by atoms with Gasteiger partial charge in [0.2, 0.25) is 0 Å². The lowest BCUT2D eigenvalue weighted by Crippen LogP contribution is -2.15. The van der Waals surface area contributed by atoms with Gasteiger partial charge in [-0.1, -0.05) is 0 Å². The maximum absolute atomic E-state index is 10.7. The number of aliphatic imine (C=N–C) groups is 1. The molecule has 0 amide bonds. The van der Waals surface area contributed by atoms with Crippen molar-refractivity contribution in [2.45, 2.75) is 19.4 Å². The predicted octanol–water partition coefficient (Wildman–Crippen LogP) is -0.287. The Morgan fingerprint density at radius 2 is 2.50 bits per heavy atom. The first kappa shape index (κ1) is 7.21. The van der Waals surface area contributed by atoms with Gasteiger partial charge in [0.15, 0.2) is 11.9 Å². The van der Waals surface area contributed by atoms with Gasteiger partial charge in [0.25, 0.3) is 0 Å². The monoisotopic (exact) mass is 143 g/mol. The number of hydrogen-bond acceptors (Lipinski definition) is 4. The van der Waals surface area contributed by atoms with Crippen molar-refractivity contribution in [3.05, 3.63) is 0 Å². The number of rotatable bonds is 2. The molecule has 4 heteroatoms. The van der Waals surface area contributed by atoms with E-state index in [1.165, 1.54) is 0 Å². The summed E-state index contributed by atoms with van der Waals surface area (Å²) in [6.07, 6.45) is 0.357. The average Bonchev–Trinajstić information content (AvgIpc) is 2.13. The van der Waals surface area contributed by atoms with Gasteiger partial charge in [-0.15, -0.1) is 0 Å². The molecule has 0 aliphatic carbocycles. The van der Waals surface area contributed by atoms with Gasteiger partial charge in [-0.3, -0.25) is 0 Å². The van der Waals surface area contributed by atoms with Crippen molar-refractivity contribution < 1.29 is 14.6 Å². The van der Waals surface area contributed by atoms with Gasteiger partial charge in [-0.2, -0.15) is 0 Å². The maximum Gasteiger partial charge on any atom is 0.337 e. The summed E-state index contributed by atoms with van der Waals surface area (Å²) in [4.78, 5) is 14.6. The average molecular weight is 143 g/mol. The number of hydrogen-bond donors (Lipinski definition) is 1. The van der Waals surface area contributed by atoms with Gasteiger partial charge in [0.1, 0.15) is 0 Å². The van der Waals surface area contributed by atoms with E-state index in [0.29, 0.717) is 12.3 Å². The zero-order chi connectivity index (χ0) is 7.56. The molecular formula is C6H9NO3. The Bertz CT molecular complexity index is 176. The molecule has 1 heterocycles. The molecule has 1 unspecified atom stereocenters. The third kappa shape index (κ3) is 1.33. The summed E-state index contributed by atoms with van der Waals surface area (Å²) >= 11 is 0. The molecule has 1 aliphatic rings. The summed E-state index contributed by atoms with van der Waals surface area (Å²) in [6, 6.07) is -0.468. The Labute approximate surface area is 58.5 Å². The van der Waals surface area contributed by atoms with Gasteiger partial charge in [0.05, 0.1) is 0 Å². The fraction of sp³-hybridized carbons (Fsp3) is 0.667. The topological polar surface area (TPSA) is 58.9 Å². The number of cyclic esters (lactones) is 1. The minimum atomic E-state index is -0.468. The highest BCUT2D eigenvalue weighted by Gasteiger charge is 2.25.